The minimum absolute atomic E-state index is 0.112. The summed E-state index contributed by atoms with van der Waals surface area (Å²) in [7, 11) is -3.43. The van der Waals surface area contributed by atoms with E-state index in [9.17, 15) is 13.2 Å². The summed E-state index contributed by atoms with van der Waals surface area (Å²) in [5.41, 5.74) is 0. The number of carbonyl (C=O) groups is 1. The first-order valence-electron chi connectivity index (χ1n) is 7.57. The third-order valence-corrected chi connectivity index (χ3v) is 7.17. The van der Waals surface area contributed by atoms with E-state index >= 15 is 0 Å². The summed E-state index contributed by atoms with van der Waals surface area (Å²) in [4.78, 5) is 16.2. The molecule has 1 saturated heterocycles. The van der Waals surface area contributed by atoms with Crippen LogP contribution in [-0.4, -0.2) is 41.9 Å². The van der Waals surface area contributed by atoms with Crippen molar-refractivity contribution in [2.24, 2.45) is 5.92 Å². The van der Waals surface area contributed by atoms with E-state index < -0.39 is 10.0 Å². The molecule has 1 aliphatic heterocycles. The highest BCUT2D eigenvalue weighted by molar-refractivity contribution is 7.91. The van der Waals surface area contributed by atoms with Gasteiger partial charge < -0.3 is 9.84 Å². The third kappa shape index (κ3) is 3.65. The lowest BCUT2D eigenvalue weighted by Gasteiger charge is -2.30. The number of amides is 1. The monoisotopic (exact) mass is 370 g/mol. The van der Waals surface area contributed by atoms with E-state index in [1.807, 2.05) is 0 Å². The van der Waals surface area contributed by atoms with Gasteiger partial charge in [0.15, 0.2) is 5.82 Å². The molecule has 1 N–H and O–H groups in total. The second-order valence-corrected chi connectivity index (χ2v) is 8.68. The van der Waals surface area contributed by atoms with Crippen LogP contribution in [0.1, 0.15) is 24.6 Å². The van der Waals surface area contributed by atoms with Crippen LogP contribution in [0.15, 0.2) is 26.2 Å². The van der Waals surface area contributed by atoms with E-state index in [-0.39, 0.29) is 18.4 Å². The molecule has 8 nitrogen and oxygen atoms in total. The number of hydrogen-bond acceptors (Lipinski definition) is 7. The first kappa shape index (κ1) is 17.1. The molecule has 1 fully saturated rings. The SMILES string of the molecule is Cc1noc(CNC(=O)C2CCN(S(=O)(=O)c3cccs3)CC2)n1. The molecule has 3 heterocycles. The zero-order valence-corrected chi connectivity index (χ0v) is 14.8. The minimum Gasteiger partial charge on any atom is -0.347 e. The maximum atomic E-state index is 12.4. The predicted octanol–water partition coefficient (Wildman–Crippen LogP) is 1.16. The quantitative estimate of drug-likeness (QED) is 0.846. The average molecular weight is 370 g/mol. The average Bonchev–Trinajstić information content (AvgIpc) is 3.24. The van der Waals surface area contributed by atoms with Crippen molar-refractivity contribution in [1.29, 1.82) is 0 Å². The van der Waals surface area contributed by atoms with Crippen molar-refractivity contribution in [3.05, 3.63) is 29.2 Å². The number of rotatable bonds is 5. The highest BCUT2D eigenvalue weighted by Crippen LogP contribution is 2.26. The predicted molar refractivity (Wildman–Crippen MR) is 86.7 cm³/mol. The van der Waals surface area contributed by atoms with Crippen molar-refractivity contribution >= 4 is 27.3 Å². The molecule has 2 aromatic rings. The number of aryl methyl sites for hydroxylation is 1. The second-order valence-electron chi connectivity index (χ2n) is 5.56. The molecule has 0 unspecified atom stereocenters. The molecule has 0 radical (unpaired) electrons. The van der Waals surface area contributed by atoms with Crippen LogP contribution in [0.5, 0.6) is 0 Å². The third-order valence-electron chi connectivity index (χ3n) is 3.90. The number of piperidine rings is 1. The molecular formula is C14H18N4O4S2. The minimum atomic E-state index is -3.43. The van der Waals surface area contributed by atoms with Gasteiger partial charge >= 0.3 is 0 Å². The van der Waals surface area contributed by atoms with Gasteiger partial charge in [-0.1, -0.05) is 11.2 Å². The Labute approximate surface area is 143 Å². The molecule has 0 spiro atoms. The molecule has 1 aliphatic rings. The lowest BCUT2D eigenvalue weighted by atomic mass is 9.97. The van der Waals surface area contributed by atoms with Gasteiger partial charge in [0.2, 0.25) is 11.8 Å². The van der Waals surface area contributed by atoms with Crippen LogP contribution in [0, 0.1) is 12.8 Å². The molecular weight excluding hydrogens is 352 g/mol. The van der Waals surface area contributed by atoms with Crippen molar-refractivity contribution in [3.8, 4) is 0 Å². The Hall–Kier alpha value is -1.78. The van der Waals surface area contributed by atoms with Crippen LogP contribution in [0.4, 0.5) is 0 Å². The highest BCUT2D eigenvalue weighted by atomic mass is 32.2. The van der Waals surface area contributed by atoms with E-state index in [1.54, 1.807) is 24.4 Å². The van der Waals surface area contributed by atoms with Gasteiger partial charge in [0.1, 0.15) is 4.21 Å². The van der Waals surface area contributed by atoms with Crippen molar-refractivity contribution in [2.75, 3.05) is 13.1 Å². The first-order chi connectivity index (χ1) is 11.5. The molecule has 1 amide bonds. The number of nitrogens with one attached hydrogen (secondary N) is 1. The molecule has 0 aliphatic carbocycles. The van der Waals surface area contributed by atoms with Crippen LogP contribution in [-0.2, 0) is 21.4 Å². The molecule has 0 saturated carbocycles. The number of nitrogens with zero attached hydrogens (tertiary/aromatic N) is 3. The molecule has 24 heavy (non-hydrogen) atoms. The van der Waals surface area contributed by atoms with Gasteiger partial charge in [0, 0.05) is 19.0 Å². The van der Waals surface area contributed by atoms with Crippen molar-refractivity contribution < 1.29 is 17.7 Å². The highest BCUT2D eigenvalue weighted by Gasteiger charge is 2.32. The van der Waals surface area contributed by atoms with Crippen molar-refractivity contribution in [2.45, 2.75) is 30.5 Å². The van der Waals surface area contributed by atoms with E-state index in [4.69, 9.17) is 4.52 Å². The largest absolute Gasteiger partial charge is 0.347 e. The van der Waals surface area contributed by atoms with Gasteiger partial charge in [0.05, 0.1) is 6.54 Å². The molecule has 0 aromatic carbocycles. The fraction of sp³-hybridized carbons (Fsp3) is 0.500. The van der Waals surface area contributed by atoms with Gasteiger partial charge in [-0.2, -0.15) is 9.29 Å². The van der Waals surface area contributed by atoms with Crippen molar-refractivity contribution in [1.82, 2.24) is 19.8 Å². The van der Waals surface area contributed by atoms with E-state index in [1.165, 1.54) is 15.6 Å². The Kier molecular flexibility index (Phi) is 4.97. The molecule has 0 bridgehead atoms. The Morgan fingerprint density at radius 3 is 2.79 bits per heavy atom. The maximum absolute atomic E-state index is 12.4. The summed E-state index contributed by atoms with van der Waals surface area (Å²) in [6.45, 7) is 2.59. The summed E-state index contributed by atoms with van der Waals surface area (Å²) in [6.07, 6.45) is 0.999. The Bertz CT molecular complexity index is 793. The number of carbonyl (C=O) groups excluding carboxylic acids is 1. The van der Waals surface area contributed by atoms with Gasteiger partial charge in [0.25, 0.3) is 10.0 Å². The molecule has 2 aromatic heterocycles. The maximum Gasteiger partial charge on any atom is 0.252 e. The molecule has 10 heteroatoms. The van der Waals surface area contributed by atoms with E-state index in [2.05, 4.69) is 15.5 Å². The number of aromatic nitrogens is 2. The Morgan fingerprint density at radius 2 is 2.21 bits per heavy atom. The first-order valence-corrected chi connectivity index (χ1v) is 9.89. The number of thiophene rings is 1. The normalized spacial score (nSPS) is 17.0. The van der Waals surface area contributed by atoms with Gasteiger partial charge in [-0.25, -0.2) is 8.42 Å². The second kappa shape index (κ2) is 6.99. The molecule has 130 valence electrons. The summed E-state index contributed by atoms with van der Waals surface area (Å²) in [5.74, 6) is 0.563. The van der Waals surface area contributed by atoms with Crippen LogP contribution in [0.3, 0.4) is 0 Å². The zero-order chi connectivity index (χ0) is 17.2. The fourth-order valence-electron chi connectivity index (χ4n) is 2.61. The molecule has 3 rings (SSSR count). The van der Waals surface area contributed by atoms with Crippen LogP contribution >= 0.6 is 11.3 Å². The van der Waals surface area contributed by atoms with E-state index in [0.717, 1.165) is 0 Å². The van der Waals surface area contributed by atoms with Crippen LogP contribution in [0.25, 0.3) is 0 Å². The van der Waals surface area contributed by atoms with Gasteiger partial charge in [-0.05, 0) is 31.2 Å². The van der Waals surface area contributed by atoms with Gasteiger partial charge in [-0.15, -0.1) is 11.3 Å². The Balaban J connectivity index is 1.52. The number of sulfonamides is 1. The van der Waals surface area contributed by atoms with Gasteiger partial charge in [-0.3, -0.25) is 4.79 Å². The van der Waals surface area contributed by atoms with Crippen molar-refractivity contribution in [3.63, 3.8) is 0 Å². The Morgan fingerprint density at radius 1 is 1.46 bits per heavy atom. The lowest BCUT2D eigenvalue weighted by Crippen LogP contribution is -2.42. The summed E-state index contributed by atoms with van der Waals surface area (Å²) in [5, 5.41) is 8.16. The standard InChI is InChI=1S/C14H18N4O4S2/c1-10-16-12(22-17-10)9-15-14(19)11-4-6-18(7-5-11)24(20,21)13-3-2-8-23-13/h2-3,8,11H,4-7,9H2,1H3,(H,15,19). The summed E-state index contributed by atoms with van der Waals surface area (Å²) in [6, 6.07) is 3.32. The number of hydrogen-bond donors (Lipinski definition) is 1. The van der Waals surface area contributed by atoms with E-state index in [0.29, 0.717) is 41.9 Å². The topological polar surface area (TPSA) is 105 Å². The zero-order valence-electron chi connectivity index (χ0n) is 13.1. The summed E-state index contributed by atoms with van der Waals surface area (Å²) >= 11 is 1.21. The van der Waals surface area contributed by atoms with Crippen LogP contribution in [0.2, 0.25) is 0 Å². The fourth-order valence-corrected chi connectivity index (χ4v) is 5.23. The van der Waals surface area contributed by atoms with Crippen LogP contribution < -0.4 is 5.32 Å². The summed E-state index contributed by atoms with van der Waals surface area (Å²) < 4.78 is 31.6. The molecule has 0 atom stereocenters. The lowest BCUT2D eigenvalue weighted by molar-refractivity contribution is -0.126. The smallest absolute Gasteiger partial charge is 0.252 e.